The van der Waals surface area contributed by atoms with E-state index in [4.69, 9.17) is 14.9 Å². The maximum absolute atomic E-state index is 11.6. The summed E-state index contributed by atoms with van der Waals surface area (Å²) in [6, 6.07) is 0. The van der Waals surface area contributed by atoms with Crippen LogP contribution in [0.3, 0.4) is 0 Å². The van der Waals surface area contributed by atoms with Crippen molar-refractivity contribution in [2.75, 3.05) is 6.61 Å². The molecule has 18 heavy (non-hydrogen) atoms. The van der Waals surface area contributed by atoms with Gasteiger partial charge in [0.1, 0.15) is 12.3 Å². The van der Waals surface area contributed by atoms with Crippen LogP contribution >= 0.6 is 0 Å². The zero-order valence-corrected chi connectivity index (χ0v) is 9.44. The molecule has 8 nitrogen and oxygen atoms in total. The fourth-order valence-electron chi connectivity index (χ4n) is 1.90. The molecule has 1 aliphatic heterocycles. The van der Waals surface area contributed by atoms with Gasteiger partial charge in [-0.3, -0.25) is 14.3 Å². The molecule has 2 unspecified atom stereocenters. The molecule has 0 radical (unpaired) electrons. The van der Waals surface area contributed by atoms with Gasteiger partial charge >= 0.3 is 5.69 Å². The fraction of sp³-hybridized carbons (Fsp3) is 0.600. The van der Waals surface area contributed by atoms with E-state index in [0.29, 0.717) is 0 Å². The second-order valence-electron chi connectivity index (χ2n) is 4.09. The number of hydrogen-bond acceptors (Lipinski definition) is 6. The third-order valence-corrected chi connectivity index (χ3v) is 2.91. The van der Waals surface area contributed by atoms with E-state index < -0.39 is 36.3 Å². The van der Waals surface area contributed by atoms with Crippen LogP contribution in [0.5, 0.6) is 0 Å². The average Bonchev–Trinajstić information content (AvgIpc) is 2.70. The molecule has 100 valence electrons. The molecule has 0 aromatic carbocycles. The summed E-state index contributed by atoms with van der Waals surface area (Å²) in [5.41, 5.74) is -1.32. The average molecular weight is 258 g/mol. The predicted molar refractivity (Wildman–Crippen MR) is 58.9 cm³/mol. The first-order valence-electron chi connectivity index (χ1n) is 5.46. The Morgan fingerprint density at radius 2 is 2.17 bits per heavy atom. The van der Waals surface area contributed by atoms with Gasteiger partial charge in [-0.2, -0.15) is 0 Å². The summed E-state index contributed by atoms with van der Waals surface area (Å²) in [7, 11) is 0. The van der Waals surface area contributed by atoms with Crippen LogP contribution in [0.4, 0.5) is 0 Å². The van der Waals surface area contributed by atoms with Crippen molar-refractivity contribution in [1.29, 1.82) is 0 Å². The maximum atomic E-state index is 11.6. The normalized spacial score (nSPS) is 27.6. The Morgan fingerprint density at radius 3 is 2.72 bits per heavy atom. The summed E-state index contributed by atoms with van der Waals surface area (Å²) in [5, 5.41) is 27.5. The number of aliphatic hydroxyl groups is 3. The molecule has 8 heteroatoms. The van der Waals surface area contributed by atoms with E-state index in [1.54, 1.807) is 0 Å². The van der Waals surface area contributed by atoms with Crippen LogP contribution in [0.25, 0.3) is 0 Å². The number of rotatable bonds is 3. The van der Waals surface area contributed by atoms with E-state index in [1.165, 1.54) is 6.20 Å². The summed E-state index contributed by atoms with van der Waals surface area (Å²) in [4.78, 5) is 24.9. The van der Waals surface area contributed by atoms with Crippen LogP contribution in [0.15, 0.2) is 15.8 Å². The number of ether oxygens (including phenoxy) is 1. The highest BCUT2D eigenvalue weighted by molar-refractivity contribution is 5.03. The fourth-order valence-corrected chi connectivity index (χ4v) is 1.90. The zero-order chi connectivity index (χ0) is 13.3. The number of aromatic amines is 1. The second kappa shape index (κ2) is 5.02. The highest BCUT2D eigenvalue weighted by Crippen LogP contribution is 2.27. The molecule has 0 spiro atoms. The van der Waals surface area contributed by atoms with Gasteiger partial charge in [-0.1, -0.05) is 0 Å². The molecule has 2 heterocycles. The van der Waals surface area contributed by atoms with Gasteiger partial charge in [0.15, 0.2) is 0 Å². The van der Waals surface area contributed by atoms with Crippen LogP contribution in [0.2, 0.25) is 0 Å². The van der Waals surface area contributed by atoms with Crippen LogP contribution in [-0.2, 0) is 11.3 Å². The molecule has 0 bridgehead atoms. The van der Waals surface area contributed by atoms with E-state index >= 15 is 0 Å². The van der Waals surface area contributed by atoms with Crippen LogP contribution < -0.4 is 11.2 Å². The summed E-state index contributed by atoms with van der Waals surface area (Å²) >= 11 is 0. The van der Waals surface area contributed by atoms with E-state index in [0.717, 1.165) is 4.57 Å². The Hall–Kier alpha value is -1.48. The highest BCUT2D eigenvalue weighted by Gasteiger charge is 2.35. The topological polar surface area (TPSA) is 125 Å². The Bertz CT molecular complexity index is 536. The molecule has 0 saturated carbocycles. The van der Waals surface area contributed by atoms with Crippen molar-refractivity contribution in [1.82, 2.24) is 9.55 Å². The second-order valence-corrected chi connectivity index (χ2v) is 4.09. The van der Waals surface area contributed by atoms with Gasteiger partial charge in [0, 0.05) is 12.6 Å². The van der Waals surface area contributed by atoms with Gasteiger partial charge in [-0.05, 0) is 0 Å². The van der Waals surface area contributed by atoms with Gasteiger partial charge in [-0.25, -0.2) is 4.79 Å². The maximum Gasteiger partial charge on any atom is 0.330 e. The Kier molecular flexibility index (Phi) is 3.62. The van der Waals surface area contributed by atoms with E-state index in [1.807, 2.05) is 0 Å². The molecular formula is C10H14N2O6. The monoisotopic (exact) mass is 258 g/mol. The van der Waals surface area contributed by atoms with Crippen molar-refractivity contribution in [2.24, 2.45) is 0 Å². The third-order valence-electron chi connectivity index (χ3n) is 2.91. The van der Waals surface area contributed by atoms with Gasteiger partial charge in [0.05, 0.1) is 24.9 Å². The van der Waals surface area contributed by atoms with Crippen molar-refractivity contribution in [3.8, 4) is 0 Å². The molecule has 1 saturated heterocycles. The summed E-state index contributed by atoms with van der Waals surface area (Å²) in [6.45, 7) is -0.864. The van der Waals surface area contributed by atoms with Gasteiger partial charge in [0.2, 0.25) is 0 Å². The van der Waals surface area contributed by atoms with E-state index in [-0.39, 0.29) is 18.6 Å². The van der Waals surface area contributed by atoms with Crippen molar-refractivity contribution in [2.45, 2.75) is 31.5 Å². The molecule has 1 aliphatic rings. The number of nitrogens with zero attached hydrogens (tertiary/aromatic N) is 1. The standard InChI is InChI=1S/C10H14N2O6/c13-3-5-2-12(10(17)11-9(5)16)8-1-6(15)7(4-14)18-8/h2,6-8,13-15H,1,3-4H2,(H,11,16,17)/t6?,7?,8-/m1/s1. The molecule has 1 aromatic heterocycles. The smallest absolute Gasteiger partial charge is 0.330 e. The molecule has 0 amide bonds. The van der Waals surface area contributed by atoms with Crippen LogP contribution in [-0.4, -0.2) is 43.7 Å². The molecular weight excluding hydrogens is 244 g/mol. The number of aliphatic hydroxyl groups excluding tert-OH is 3. The van der Waals surface area contributed by atoms with Crippen molar-refractivity contribution >= 4 is 0 Å². The molecule has 1 fully saturated rings. The van der Waals surface area contributed by atoms with E-state index in [9.17, 15) is 14.7 Å². The first kappa shape index (κ1) is 13.0. The van der Waals surface area contributed by atoms with Crippen molar-refractivity contribution < 1.29 is 20.1 Å². The lowest BCUT2D eigenvalue weighted by Gasteiger charge is -2.14. The number of nitrogens with one attached hydrogen (secondary N) is 1. The molecule has 0 aliphatic carbocycles. The summed E-state index contributed by atoms with van der Waals surface area (Å²) < 4.78 is 6.38. The SMILES string of the molecule is O=c1[nH]c(=O)n([C@H]2CC(O)C(CO)O2)cc1CO. The van der Waals surface area contributed by atoms with E-state index in [2.05, 4.69) is 4.98 Å². The minimum atomic E-state index is -0.878. The zero-order valence-electron chi connectivity index (χ0n) is 9.44. The minimum Gasteiger partial charge on any atom is -0.394 e. The molecule has 4 N–H and O–H groups in total. The number of H-pyrrole nitrogens is 1. The van der Waals surface area contributed by atoms with Crippen LogP contribution in [0.1, 0.15) is 18.2 Å². The molecule has 2 rings (SSSR count). The van der Waals surface area contributed by atoms with Crippen LogP contribution in [0, 0.1) is 0 Å². The van der Waals surface area contributed by atoms with Gasteiger partial charge < -0.3 is 20.1 Å². The quantitative estimate of drug-likeness (QED) is 0.482. The van der Waals surface area contributed by atoms with Gasteiger partial charge in [-0.15, -0.1) is 0 Å². The lowest BCUT2D eigenvalue weighted by molar-refractivity contribution is -0.0460. The number of hydrogen-bond donors (Lipinski definition) is 4. The lowest BCUT2D eigenvalue weighted by Crippen LogP contribution is -2.34. The summed E-state index contributed by atoms with van der Waals surface area (Å²) in [6.07, 6.45) is -1.09. The molecule has 1 aromatic rings. The number of aromatic nitrogens is 2. The Morgan fingerprint density at radius 1 is 1.44 bits per heavy atom. The van der Waals surface area contributed by atoms with Crippen molar-refractivity contribution in [3.05, 3.63) is 32.6 Å². The molecule has 3 atom stereocenters. The van der Waals surface area contributed by atoms with Crippen molar-refractivity contribution in [3.63, 3.8) is 0 Å². The third kappa shape index (κ3) is 2.23. The first-order valence-corrected chi connectivity index (χ1v) is 5.46. The largest absolute Gasteiger partial charge is 0.394 e. The lowest BCUT2D eigenvalue weighted by atomic mass is 10.2. The summed E-state index contributed by atoms with van der Waals surface area (Å²) in [5.74, 6) is 0. The minimum absolute atomic E-state index is 0.0279. The Balaban J connectivity index is 2.35. The first-order chi connectivity index (χ1) is 8.56. The Labute approximate surface area is 101 Å². The predicted octanol–water partition coefficient (Wildman–Crippen LogP) is -2.33. The van der Waals surface area contributed by atoms with Gasteiger partial charge in [0.25, 0.3) is 5.56 Å². The highest BCUT2D eigenvalue weighted by atomic mass is 16.5.